The van der Waals surface area contributed by atoms with Crippen LogP contribution in [0.15, 0.2) is 18.2 Å². The van der Waals surface area contributed by atoms with E-state index in [1.165, 1.54) is 5.56 Å². The first-order chi connectivity index (χ1) is 8.27. The molecule has 3 nitrogen and oxygen atoms in total. The van der Waals surface area contributed by atoms with Crippen molar-refractivity contribution in [1.82, 2.24) is 5.32 Å². The fraction of sp³-hybridized carbons (Fsp3) is 0.538. The molecule has 0 saturated heterocycles. The Morgan fingerprint density at radius 2 is 2.06 bits per heavy atom. The van der Waals surface area contributed by atoms with Crippen molar-refractivity contribution < 1.29 is 9.47 Å². The molecule has 1 N–H and O–H groups in total. The van der Waals surface area contributed by atoms with Crippen LogP contribution in [0.25, 0.3) is 0 Å². The average Bonchev–Trinajstić information content (AvgIpc) is 2.35. The van der Waals surface area contributed by atoms with Crippen LogP contribution in [0.5, 0.6) is 5.75 Å². The first-order valence-corrected chi connectivity index (χ1v) is 6.17. The highest BCUT2D eigenvalue weighted by Crippen LogP contribution is 2.25. The van der Waals surface area contributed by atoms with Crippen molar-refractivity contribution in [2.45, 2.75) is 12.8 Å². The van der Waals surface area contributed by atoms with Gasteiger partial charge in [-0.1, -0.05) is 17.7 Å². The summed E-state index contributed by atoms with van der Waals surface area (Å²) in [5, 5.41) is 3.98. The van der Waals surface area contributed by atoms with E-state index in [0.717, 1.165) is 38.3 Å². The Labute approximate surface area is 108 Å². The molecule has 0 unspecified atom stereocenters. The lowest BCUT2D eigenvalue weighted by Gasteiger charge is -2.07. The van der Waals surface area contributed by atoms with Crippen LogP contribution in [-0.2, 0) is 11.2 Å². The number of methoxy groups -OCH3 is 2. The summed E-state index contributed by atoms with van der Waals surface area (Å²) in [5.74, 6) is 0.747. The second-order valence-corrected chi connectivity index (χ2v) is 4.22. The van der Waals surface area contributed by atoms with Crippen molar-refractivity contribution in [3.63, 3.8) is 0 Å². The largest absolute Gasteiger partial charge is 0.495 e. The summed E-state index contributed by atoms with van der Waals surface area (Å²) in [7, 11) is 3.35. The van der Waals surface area contributed by atoms with Gasteiger partial charge >= 0.3 is 0 Å². The van der Waals surface area contributed by atoms with Gasteiger partial charge in [-0.05, 0) is 37.1 Å². The van der Waals surface area contributed by atoms with Gasteiger partial charge in [-0.25, -0.2) is 0 Å². The zero-order valence-corrected chi connectivity index (χ0v) is 11.2. The lowest BCUT2D eigenvalue weighted by molar-refractivity contribution is 0.199. The standard InChI is InChI=1S/C13H20ClNO2/c1-16-9-8-15-7-3-4-11-5-6-12(14)13(10-11)17-2/h5-6,10,15H,3-4,7-9H2,1-2H3. The molecule has 1 aromatic carbocycles. The average molecular weight is 258 g/mol. The molecule has 17 heavy (non-hydrogen) atoms. The molecule has 4 heteroatoms. The summed E-state index contributed by atoms with van der Waals surface area (Å²) in [6.07, 6.45) is 2.11. The van der Waals surface area contributed by atoms with Crippen LogP contribution in [0.4, 0.5) is 0 Å². The summed E-state index contributed by atoms with van der Waals surface area (Å²) in [4.78, 5) is 0. The molecule has 0 radical (unpaired) electrons. The predicted octanol–water partition coefficient (Wildman–Crippen LogP) is 2.52. The molecule has 0 saturated carbocycles. The molecular formula is C13H20ClNO2. The fourth-order valence-corrected chi connectivity index (χ4v) is 1.77. The van der Waals surface area contributed by atoms with E-state index >= 15 is 0 Å². The summed E-state index contributed by atoms with van der Waals surface area (Å²) >= 11 is 5.96. The number of hydrogen-bond donors (Lipinski definition) is 1. The molecule has 0 heterocycles. The molecular weight excluding hydrogens is 238 g/mol. The zero-order valence-electron chi connectivity index (χ0n) is 10.5. The number of benzene rings is 1. The molecule has 0 aliphatic rings. The normalized spacial score (nSPS) is 10.5. The van der Waals surface area contributed by atoms with Gasteiger partial charge in [-0.2, -0.15) is 0 Å². The number of hydrogen-bond acceptors (Lipinski definition) is 3. The molecule has 0 bridgehead atoms. The first-order valence-electron chi connectivity index (χ1n) is 5.80. The monoisotopic (exact) mass is 257 g/mol. The van der Waals surface area contributed by atoms with Gasteiger partial charge in [0.25, 0.3) is 0 Å². The number of rotatable bonds is 8. The minimum Gasteiger partial charge on any atom is -0.495 e. The maximum absolute atomic E-state index is 5.96. The van der Waals surface area contributed by atoms with E-state index in [1.807, 2.05) is 18.2 Å². The lowest BCUT2D eigenvalue weighted by Crippen LogP contribution is -2.20. The smallest absolute Gasteiger partial charge is 0.137 e. The number of nitrogens with one attached hydrogen (secondary N) is 1. The van der Waals surface area contributed by atoms with Crippen molar-refractivity contribution in [2.75, 3.05) is 33.9 Å². The molecule has 0 fully saturated rings. The Morgan fingerprint density at radius 1 is 1.24 bits per heavy atom. The maximum atomic E-state index is 5.96. The quantitative estimate of drug-likeness (QED) is 0.726. The van der Waals surface area contributed by atoms with Crippen molar-refractivity contribution in [2.24, 2.45) is 0 Å². The van der Waals surface area contributed by atoms with Crippen molar-refractivity contribution in [3.05, 3.63) is 28.8 Å². The van der Waals surface area contributed by atoms with Crippen LogP contribution in [-0.4, -0.2) is 33.9 Å². The van der Waals surface area contributed by atoms with Gasteiger partial charge in [-0.3, -0.25) is 0 Å². The highest BCUT2D eigenvalue weighted by molar-refractivity contribution is 6.32. The zero-order chi connectivity index (χ0) is 12.5. The van der Waals surface area contributed by atoms with Crippen LogP contribution < -0.4 is 10.1 Å². The number of aryl methyl sites for hydroxylation is 1. The van der Waals surface area contributed by atoms with Crippen LogP contribution in [0, 0.1) is 0 Å². The van der Waals surface area contributed by atoms with Crippen LogP contribution in [0.3, 0.4) is 0 Å². The molecule has 1 aromatic rings. The molecule has 1 rings (SSSR count). The highest BCUT2D eigenvalue weighted by atomic mass is 35.5. The van der Waals surface area contributed by atoms with Gasteiger partial charge in [0.15, 0.2) is 0 Å². The van der Waals surface area contributed by atoms with Crippen molar-refractivity contribution >= 4 is 11.6 Å². The van der Waals surface area contributed by atoms with Gasteiger partial charge in [0.05, 0.1) is 18.7 Å². The number of halogens is 1. The predicted molar refractivity (Wildman–Crippen MR) is 71.1 cm³/mol. The Hall–Kier alpha value is -0.770. The molecule has 0 aliphatic heterocycles. The fourth-order valence-electron chi connectivity index (χ4n) is 1.58. The summed E-state index contributed by atoms with van der Waals surface area (Å²) in [6, 6.07) is 5.92. The summed E-state index contributed by atoms with van der Waals surface area (Å²) in [5.41, 5.74) is 1.25. The molecule has 0 amide bonds. The molecule has 96 valence electrons. The van der Waals surface area contributed by atoms with E-state index in [4.69, 9.17) is 21.1 Å². The Kier molecular flexibility index (Phi) is 7.01. The molecule has 0 aromatic heterocycles. The van der Waals surface area contributed by atoms with Gasteiger partial charge in [-0.15, -0.1) is 0 Å². The maximum Gasteiger partial charge on any atom is 0.137 e. The first kappa shape index (κ1) is 14.3. The van der Waals surface area contributed by atoms with Crippen LogP contribution in [0.2, 0.25) is 5.02 Å². The van der Waals surface area contributed by atoms with Crippen LogP contribution in [0.1, 0.15) is 12.0 Å². The van der Waals surface area contributed by atoms with Gasteiger partial charge in [0.2, 0.25) is 0 Å². The summed E-state index contributed by atoms with van der Waals surface area (Å²) in [6.45, 7) is 2.66. The third-order valence-electron chi connectivity index (χ3n) is 2.52. The minimum absolute atomic E-state index is 0.662. The van der Waals surface area contributed by atoms with E-state index in [1.54, 1.807) is 14.2 Å². The lowest BCUT2D eigenvalue weighted by atomic mass is 10.1. The van der Waals surface area contributed by atoms with Crippen LogP contribution >= 0.6 is 11.6 Å². The van der Waals surface area contributed by atoms with E-state index in [9.17, 15) is 0 Å². The van der Waals surface area contributed by atoms with E-state index in [0.29, 0.717) is 5.02 Å². The topological polar surface area (TPSA) is 30.5 Å². The minimum atomic E-state index is 0.662. The second-order valence-electron chi connectivity index (χ2n) is 3.82. The van der Waals surface area contributed by atoms with E-state index < -0.39 is 0 Å². The molecule has 0 spiro atoms. The third-order valence-corrected chi connectivity index (χ3v) is 2.83. The highest BCUT2D eigenvalue weighted by Gasteiger charge is 2.01. The molecule has 0 atom stereocenters. The Morgan fingerprint density at radius 3 is 2.76 bits per heavy atom. The Balaban J connectivity index is 2.27. The SMILES string of the molecule is COCCNCCCc1ccc(Cl)c(OC)c1. The van der Waals surface area contributed by atoms with E-state index in [-0.39, 0.29) is 0 Å². The molecule has 0 aliphatic carbocycles. The summed E-state index contributed by atoms with van der Waals surface area (Å²) < 4.78 is 10.1. The van der Waals surface area contributed by atoms with Crippen molar-refractivity contribution in [3.8, 4) is 5.75 Å². The third kappa shape index (κ3) is 5.39. The van der Waals surface area contributed by atoms with Gasteiger partial charge < -0.3 is 14.8 Å². The number of ether oxygens (including phenoxy) is 2. The van der Waals surface area contributed by atoms with Crippen molar-refractivity contribution in [1.29, 1.82) is 0 Å². The van der Waals surface area contributed by atoms with E-state index in [2.05, 4.69) is 5.32 Å². The van der Waals surface area contributed by atoms with Gasteiger partial charge in [0, 0.05) is 13.7 Å². The second kappa shape index (κ2) is 8.34. The van der Waals surface area contributed by atoms with Gasteiger partial charge in [0.1, 0.15) is 5.75 Å². The Bertz CT molecular complexity index is 331.